The lowest BCUT2D eigenvalue weighted by Crippen LogP contribution is -2.47. The number of carbonyl (C=O) groups excluding carboxylic acids is 1. The average molecular weight is 382 g/mol. The number of nitrogens with one attached hydrogen (secondary N) is 1. The molecule has 1 amide bonds. The maximum atomic E-state index is 12.5. The van der Waals surface area contributed by atoms with Gasteiger partial charge in [0.05, 0.1) is 5.75 Å². The lowest BCUT2D eigenvalue weighted by molar-refractivity contribution is -0.124. The zero-order chi connectivity index (χ0) is 19.3. The molecular formula is C19H31N3O3S. The molecule has 1 aromatic rings. The van der Waals surface area contributed by atoms with Crippen molar-refractivity contribution in [3.05, 3.63) is 35.4 Å². The Morgan fingerprint density at radius 2 is 1.88 bits per heavy atom. The number of nitrogens with two attached hydrogens (primary N) is 1. The molecule has 2 rings (SSSR count). The second kappa shape index (κ2) is 8.97. The number of sulfonamides is 1. The van der Waals surface area contributed by atoms with Gasteiger partial charge < -0.3 is 11.1 Å². The topological polar surface area (TPSA) is 92.5 Å². The first-order valence-electron chi connectivity index (χ1n) is 9.39. The van der Waals surface area contributed by atoms with Crippen molar-refractivity contribution in [3.63, 3.8) is 0 Å². The smallest absolute Gasteiger partial charge is 0.238 e. The van der Waals surface area contributed by atoms with E-state index < -0.39 is 16.1 Å². The SMILES string of the molecule is CCCS(=O)(=O)N1CCCC1C(=O)NCC(N)c1ccc(C(C)C)cc1. The van der Waals surface area contributed by atoms with E-state index in [1.807, 2.05) is 19.1 Å². The summed E-state index contributed by atoms with van der Waals surface area (Å²) in [6.07, 6.45) is 1.82. The van der Waals surface area contributed by atoms with E-state index in [0.717, 1.165) is 5.56 Å². The van der Waals surface area contributed by atoms with Crippen LogP contribution in [0.3, 0.4) is 0 Å². The highest BCUT2D eigenvalue weighted by molar-refractivity contribution is 7.89. The molecule has 146 valence electrons. The summed E-state index contributed by atoms with van der Waals surface area (Å²) >= 11 is 0. The van der Waals surface area contributed by atoms with Crippen molar-refractivity contribution in [2.75, 3.05) is 18.8 Å². The molecule has 0 aliphatic carbocycles. The highest BCUT2D eigenvalue weighted by atomic mass is 32.2. The quantitative estimate of drug-likeness (QED) is 0.721. The molecule has 26 heavy (non-hydrogen) atoms. The molecule has 0 bridgehead atoms. The van der Waals surface area contributed by atoms with Gasteiger partial charge in [-0.1, -0.05) is 45.0 Å². The molecule has 1 fully saturated rings. The van der Waals surface area contributed by atoms with Gasteiger partial charge in [0.25, 0.3) is 0 Å². The number of hydrogen-bond acceptors (Lipinski definition) is 4. The number of hydrogen-bond donors (Lipinski definition) is 2. The van der Waals surface area contributed by atoms with Gasteiger partial charge in [-0.3, -0.25) is 4.79 Å². The molecule has 0 radical (unpaired) electrons. The number of amides is 1. The van der Waals surface area contributed by atoms with Crippen LogP contribution in [-0.2, 0) is 14.8 Å². The van der Waals surface area contributed by atoms with Crippen molar-refractivity contribution in [2.24, 2.45) is 5.73 Å². The number of nitrogens with zero attached hydrogens (tertiary/aromatic N) is 1. The summed E-state index contributed by atoms with van der Waals surface area (Å²) in [4.78, 5) is 12.5. The van der Waals surface area contributed by atoms with E-state index in [2.05, 4.69) is 31.3 Å². The van der Waals surface area contributed by atoms with Crippen LogP contribution in [0.2, 0.25) is 0 Å². The Kier molecular flexibility index (Phi) is 7.20. The maximum absolute atomic E-state index is 12.5. The van der Waals surface area contributed by atoms with Crippen molar-refractivity contribution >= 4 is 15.9 Å². The first kappa shape index (κ1) is 20.9. The third kappa shape index (κ3) is 5.05. The van der Waals surface area contributed by atoms with Crippen molar-refractivity contribution in [3.8, 4) is 0 Å². The largest absolute Gasteiger partial charge is 0.353 e. The third-order valence-electron chi connectivity index (χ3n) is 4.85. The first-order valence-corrected chi connectivity index (χ1v) is 11.0. The molecule has 1 aromatic carbocycles. The molecule has 1 aliphatic heterocycles. The second-order valence-electron chi connectivity index (χ2n) is 7.26. The summed E-state index contributed by atoms with van der Waals surface area (Å²) in [5, 5.41) is 2.83. The van der Waals surface area contributed by atoms with Gasteiger partial charge in [-0.2, -0.15) is 4.31 Å². The van der Waals surface area contributed by atoms with Gasteiger partial charge in [-0.25, -0.2) is 8.42 Å². The van der Waals surface area contributed by atoms with Crippen LogP contribution in [0.5, 0.6) is 0 Å². The van der Waals surface area contributed by atoms with Crippen LogP contribution in [0.25, 0.3) is 0 Å². The second-order valence-corrected chi connectivity index (χ2v) is 9.30. The molecule has 6 nitrogen and oxygen atoms in total. The van der Waals surface area contributed by atoms with Crippen LogP contribution in [0.1, 0.15) is 63.1 Å². The molecule has 0 aromatic heterocycles. The van der Waals surface area contributed by atoms with Crippen molar-refractivity contribution in [2.45, 2.75) is 58.0 Å². The fourth-order valence-corrected chi connectivity index (χ4v) is 5.03. The van der Waals surface area contributed by atoms with Gasteiger partial charge in [0, 0.05) is 19.1 Å². The number of benzene rings is 1. The van der Waals surface area contributed by atoms with E-state index in [1.165, 1.54) is 9.87 Å². The predicted molar refractivity (Wildman–Crippen MR) is 104 cm³/mol. The summed E-state index contributed by atoms with van der Waals surface area (Å²) in [6, 6.07) is 7.15. The monoisotopic (exact) mass is 381 g/mol. The fourth-order valence-electron chi connectivity index (χ4n) is 3.28. The Bertz CT molecular complexity index is 701. The minimum atomic E-state index is -3.37. The van der Waals surface area contributed by atoms with Crippen LogP contribution < -0.4 is 11.1 Å². The highest BCUT2D eigenvalue weighted by Gasteiger charge is 2.37. The normalized spacial score (nSPS) is 19.7. The summed E-state index contributed by atoms with van der Waals surface area (Å²) < 4.78 is 26.0. The molecule has 1 saturated heterocycles. The highest BCUT2D eigenvalue weighted by Crippen LogP contribution is 2.22. The van der Waals surface area contributed by atoms with Crippen LogP contribution >= 0.6 is 0 Å². The molecule has 0 spiro atoms. The van der Waals surface area contributed by atoms with E-state index in [4.69, 9.17) is 5.73 Å². The molecular weight excluding hydrogens is 350 g/mol. The van der Waals surface area contributed by atoms with Gasteiger partial charge in [0.15, 0.2) is 0 Å². The van der Waals surface area contributed by atoms with Gasteiger partial charge in [-0.15, -0.1) is 0 Å². The maximum Gasteiger partial charge on any atom is 0.238 e. The van der Waals surface area contributed by atoms with Crippen LogP contribution in [0, 0.1) is 0 Å². The van der Waals surface area contributed by atoms with Gasteiger partial charge >= 0.3 is 0 Å². The predicted octanol–water partition coefficient (Wildman–Crippen LogP) is 2.13. The molecule has 7 heteroatoms. The van der Waals surface area contributed by atoms with Crippen molar-refractivity contribution < 1.29 is 13.2 Å². The number of rotatable bonds is 8. The van der Waals surface area contributed by atoms with E-state index >= 15 is 0 Å². The van der Waals surface area contributed by atoms with Crippen molar-refractivity contribution in [1.29, 1.82) is 0 Å². The van der Waals surface area contributed by atoms with Crippen molar-refractivity contribution in [1.82, 2.24) is 9.62 Å². The van der Waals surface area contributed by atoms with E-state index in [-0.39, 0.29) is 24.2 Å². The molecule has 2 atom stereocenters. The van der Waals surface area contributed by atoms with Crippen LogP contribution in [0.15, 0.2) is 24.3 Å². The Labute approximate surface area is 157 Å². The van der Waals surface area contributed by atoms with Gasteiger partial charge in [0.1, 0.15) is 6.04 Å². The minimum Gasteiger partial charge on any atom is -0.353 e. The third-order valence-corrected chi connectivity index (χ3v) is 6.93. The molecule has 2 unspecified atom stereocenters. The molecule has 1 aliphatic rings. The summed E-state index contributed by atoms with van der Waals surface area (Å²) in [6.45, 7) is 6.80. The van der Waals surface area contributed by atoms with Gasteiger partial charge in [0.2, 0.25) is 15.9 Å². The fraction of sp³-hybridized carbons (Fsp3) is 0.632. The average Bonchev–Trinajstić information content (AvgIpc) is 3.10. The van der Waals surface area contributed by atoms with Crippen LogP contribution in [-0.4, -0.2) is 43.5 Å². The zero-order valence-electron chi connectivity index (χ0n) is 15.9. The van der Waals surface area contributed by atoms with Gasteiger partial charge in [-0.05, 0) is 36.3 Å². The van der Waals surface area contributed by atoms with E-state index in [9.17, 15) is 13.2 Å². The number of carbonyl (C=O) groups is 1. The van der Waals surface area contributed by atoms with E-state index in [0.29, 0.717) is 31.7 Å². The Morgan fingerprint density at radius 3 is 2.46 bits per heavy atom. The molecule has 3 N–H and O–H groups in total. The lowest BCUT2D eigenvalue weighted by Gasteiger charge is -2.24. The summed E-state index contributed by atoms with van der Waals surface area (Å²) in [5.74, 6) is 0.285. The summed E-state index contributed by atoms with van der Waals surface area (Å²) in [5.41, 5.74) is 8.39. The minimum absolute atomic E-state index is 0.0818. The Hall–Kier alpha value is -1.44. The summed E-state index contributed by atoms with van der Waals surface area (Å²) in [7, 11) is -3.37. The first-order chi connectivity index (χ1) is 12.3. The standard InChI is InChI=1S/C19H31N3O3S/c1-4-12-26(24,25)22-11-5-6-18(22)19(23)21-13-17(20)16-9-7-15(8-10-16)14(2)3/h7-10,14,17-18H,4-6,11-13,20H2,1-3H3,(H,21,23). The Balaban J connectivity index is 1.94. The lowest BCUT2D eigenvalue weighted by atomic mass is 9.99. The van der Waals surface area contributed by atoms with E-state index in [1.54, 1.807) is 0 Å². The Morgan fingerprint density at radius 1 is 1.27 bits per heavy atom. The molecule has 0 saturated carbocycles. The molecule has 1 heterocycles. The van der Waals surface area contributed by atoms with Crippen LogP contribution in [0.4, 0.5) is 0 Å². The zero-order valence-corrected chi connectivity index (χ0v) is 16.8.